The minimum atomic E-state index is -3.29. The molecule has 5 aromatic rings. The van der Waals surface area contributed by atoms with Crippen LogP contribution in [-0.2, 0) is 35.3 Å². The van der Waals surface area contributed by atoms with Crippen molar-refractivity contribution in [2.45, 2.75) is 128 Å². The fourth-order valence-electron chi connectivity index (χ4n) is 10.9. The Morgan fingerprint density at radius 1 is 0.962 bits per heavy atom. The monoisotopic (exact) mass is 704 g/mol. The smallest absolute Gasteiger partial charge is 0.248 e. The molecule has 8 rings (SSSR count). The number of pyridine rings is 2. The van der Waals surface area contributed by atoms with Crippen LogP contribution in [0.25, 0.3) is 33.4 Å². The van der Waals surface area contributed by atoms with E-state index in [2.05, 4.69) is 81.7 Å². The largest absolute Gasteiger partial charge is 0.312 e. The minimum absolute atomic E-state index is 0.206. The van der Waals surface area contributed by atoms with Crippen molar-refractivity contribution in [3.05, 3.63) is 113 Å². The third-order valence-electron chi connectivity index (χ3n) is 13.5. The predicted molar refractivity (Wildman–Crippen MR) is 201 cm³/mol. The summed E-state index contributed by atoms with van der Waals surface area (Å²) in [7, 11) is 0. The van der Waals surface area contributed by atoms with Crippen molar-refractivity contribution in [2.24, 2.45) is 0 Å². The van der Waals surface area contributed by atoms with Crippen molar-refractivity contribution in [2.75, 3.05) is 0 Å². The summed E-state index contributed by atoms with van der Waals surface area (Å²) in [6.07, 6.45) is 11.1. The first-order valence-electron chi connectivity index (χ1n) is 19.3. The van der Waals surface area contributed by atoms with Gasteiger partial charge in [0.15, 0.2) is 24.5 Å². The molecular formula is C45H51F3N4+2. The number of hydrogen-bond acceptors (Lipinski definition) is 1. The van der Waals surface area contributed by atoms with Gasteiger partial charge < -0.3 is 0 Å². The normalized spacial score (nSPS) is 20.5. The van der Waals surface area contributed by atoms with Crippen LogP contribution in [0, 0.1) is 5.82 Å². The lowest BCUT2D eigenvalue weighted by Gasteiger charge is -2.54. The Labute approximate surface area is 306 Å². The van der Waals surface area contributed by atoms with Gasteiger partial charge in [-0.2, -0.15) is 23.0 Å². The van der Waals surface area contributed by atoms with E-state index >= 15 is 13.2 Å². The van der Waals surface area contributed by atoms with Crippen molar-refractivity contribution in [3.63, 3.8) is 0 Å². The number of rotatable bonds is 10. The van der Waals surface area contributed by atoms with Crippen LogP contribution in [0.5, 0.6) is 0 Å². The number of unbranched alkanes of at least 4 members (excludes halogenated alkanes) is 2. The van der Waals surface area contributed by atoms with Gasteiger partial charge in [0.1, 0.15) is 23.2 Å². The van der Waals surface area contributed by atoms with E-state index in [1.54, 1.807) is 12.1 Å². The van der Waals surface area contributed by atoms with Crippen molar-refractivity contribution >= 4 is 10.8 Å². The molecule has 0 bridgehead atoms. The minimum Gasteiger partial charge on any atom is -0.248 e. The summed E-state index contributed by atoms with van der Waals surface area (Å²) in [6, 6.07) is 17.7. The van der Waals surface area contributed by atoms with Gasteiger partial charge >= 0.3 is 5.92 Å². The van der Waals surface area contributed by atoms with Crippen LogP contribution in [0.3, 0.4) is 0 Å². The van der Waals surface area contributed by atoms with Crippen LogP contribution >= 0.6 is 0 Å². The summed E-state index contributed by atoms with van der Waals surface area (Å²) in [5.74, 6) is -3.50. The molecule has 5 heterocycles. The molecule has 0 amide bonds. The fraction of sp³-hybridized carbons (Fsp3) is 0.444. The topological polar surface area (TPSA) is 25.6 Å². The molecule has 2 aliphatic heterocycles. The van der Waals surface area contributed by atoms with Gasteiger partial charge in [0.05, 0.1) is 16.4 Å². The number of benzene rings is 2. The summed E-state index contributed by atoms with van der Waals surface area (Å²) >= 11 is 0. The predicted octanol–water partition coefficient (Wildman–Crippen LogP) is 10.6. The van der Waals surface area contributed by atoms with Gasteiger partial charge in [0.2, 0.25) is 11.4 Å². The van der Waals surface area contributed by atoms with Gasteiger partial charge in [-0.05, 0) is 66.0 Å². The van der Waals surface area contributed by atoms with Crippen LogP contribution in [0.15, 0.2) is 79.1 Å². The molecule has 52 heavy (non-hydrogen) atoms. The first-order chi connectivity index (χ1) is 24.8. The van der Waals surface area contributed by atoms with Gasteiger partial charge in [-0.15, -0.1) is 0 Å². The molecule has 0 saturated carbocycles. The standard InChI is InChI=1S/C45H51F3N4/c1-9-13-14-17-29-19-20-31-38-30(29)23-25-51-41(38)39-32(21-22-33(46)40(39)42(31,7)8)44(12-4,43(51,10-2)11-3)37-27-50-24-16-15-18-34(50)35-26-36(49-52(35)37)45(47,48)28(5)6/h15-16,18-26,37H,5,9-14,17,27H2,1-4,6-8H3/q+2. The highest BCUT2D eigenvalue weighted by atomic mass is 19.3. The zero-order valence-corrected chi connectivity index (χ0v) is 31.7. The van der Waals surface area contributed by atoms with Crippen LogP contribution < -0.4 is 9.13 Å². The molecule has 7 heteroatoms. The lowest BCUT2D eigenvalue weighted by Crippen LogP contribution is -2.73. The van der Waals surface area contributed by atoms with E-state index in [9.17, 15) is 0 Å². The maximum absolute atomic E-state index is 16.7. The zero-order chi connectivity index (χ0) is 37.0. The number of aryl methyl sites for hydroxylation is 1. The molecule has 270 valence electrons. The first-order valence-corrected chi connectivity index (χ1v) is 19.3. The highest BCUT2D eigenvalue weighted by molar-refractivity contribution is 6.03. The summed E-state index contributed by atoms with van der Waals surface area (Å²) in [6.45, 7) is 18.8. The van der Waals surface area contributed by atoms with Crippen LogP contribution in [-0.4, -0.2) is 9.78 Å². The first kappa shape index (κ1) is 34.8. The van der Waals surface area contributed by atoms with E-state index in [0.29, 0.717) is 18.7 Å². The van der Waals surface area contributed by atoms with Crippen LogP contribution in [0.2, 0.25) is 0 Å². The maximum atomic E-state index is 16.7. The highest BCUT2D eigenvalue weighted by Crippen LogP contribution is 2.62. The van der Waals surface area contributed by atoms with E-state index < -0.39 is 22.3 Å². The number of fused-ring (bicyclic) bond motifs is 3. The molecule has 0 fully saturated rings. The molecule has 2 unspecified atom stereocenters. The SMILES string of the molecule is C=C(C)C(F)(F)c1cc2n(n1)C(C1(CC)c3ccc(F)c4c3-c3c5c(ccc(CCCCC)c5cc[n+]3C1(CC)CC)C4(C)C)C[n+]1ccccc1-2. The molecule has 4 nitrogen and oxygen atoms in total. The lowest BCUT2D eigenvalue weighted by atomic mass is 9.52. The molecule has 3 aromatic heterocycles. The van der Waals surface area contributed by atoms with Crippen molar-refractivity contribution in [1.82, 2.24) is 9.78 Å². The third kappa shape index (κ3) is 4.25. The molecular weight excluding hydrogens is 654 g/mol. The number of aromatic nitrogens is 4. The maximum Gasteiger partial charge on any atom is 0.312 e. The number of nitrogens with zero attached hydrogens (tertiary/aromatic N) is 4. The third-order valence-corrected chi connectivity index (χ3v) is 13.5. The van der Waals surface area contributed by atoms with Crippen molar-refractivity contribution < 1.29 is 22.3 Å². The van der Waals surface area contributed by atoms with Crippen molar-refractivity contribution in [1.29, 1.82) is 0 Å². The molecule has 3 aliphatic rings. The second kappa shape index (κ2) is 11.9. The second-order valence-corrected chi connectivity index (χ2v) is 16.1. The summed E-state index contributed by atoms with van der Waals surface area (Å²) in [4.78, 5) is 0. The van der Waals surface area contributed by atoms with E-state index in [1.807, 2.05) is 35.1 Å². The molecule has 1 aliphatic carbocycles. The fourth-order valence-corrected chi connectivity index (χ4v) is 10.9. The van der Waals surface area contributed by atoms with Gasteiger partial charge in [-0.3, -0.25) is 0 Å². The second-order valence-electron chi connectivity index (χ2n) is 16.1. The Hall–Kier alpha value is -4.26. The van der Waals surface area contributed by atoms with E-state index in [4.69, 9.17) is 5.10 Å². The Bertz CT molecular complexity index is 2280. The number of allylic oxidation sites excluding steroid dienone is 1. The average Bonchev–Trinajstić information content (AvgIpc) is 3.60. The average molecular weight is 705 g/mol. The quantitative estimate of drug-likeness (QED) is 0.0807. The Kier molecular flexibility index (Phi) is 7.95. The molecule has 2 aromatic carbocycles. The van der Waals surface area contributed by atoms with E-state index in [0.717, 1.165) is 65.7 Å². The van der Waals surface area contributed by atoms with Crippen LogP contribution in [0.4, 0.5) is 13.2 Å². The van der Waals surface area contributed by atoms with Gasteiger partial charge in [0, 0.05) is 48.1 Å². The molecule has 0 spiro atoms. The Morgan fingerprint density at radius 3 is 2.40 bits per heavy atom. The summed E-state index contributed by atoms with van der Waals surface area (Å²) in [5, 5.41) is 7.32. The van der Waals surface area contributed by atoms with Crippen LogP contribution in [0.1, 0.15) is 121 Å². The molecule has 0 N–H and O–H groups in total. The Balaban J connectivity index is 1.50. The number of hydrogen-bond donors (Lipinski definition) is 0. The van der Waals surface area contributed by atoms with Gasteiger partial charge in [-0.25, -0.2) is 9.07 Å². The lowest BCUT2D eigenvalue weighted by molar-refractivity contribution is -0.774. The van der Waals surface area contributed by atoms with E-state index in [-0.39, 0.29) is 23.1 Å². The molecule has 0 saturated heterocycles. The summed E-state index contributed by atoms with van der Waals surface area (Å²) < 4.78 is 55.0. The van der Waals surface area contributed by atoms with E-state index in [1.165, 1.54) is 29.7 Å². The zero-order valence-electron chi connectivity index (χ0n) is 31.7. The number of alkyl halides is 2. The highest BCUT2D eigenvalue weighted by Gasteiger charge is 2.68. The van der Waals surface area contributed by atoms with Gasteiger partial charge in [-0.1, -0.05) is 79.2 Å². The number of halogens is 3. The Morgan fingerprint density at radius 2 is 1.71 bits per heavy atom. The molecule has 2 atom stereocenters. The summed E-state index contributed by atoms with van der Waals surface area (Å²) in [5.41, 5.74) is 5.58. The molecule has 0 radical (unpaired) electrons. The van der Waals surface area contributed by atoms with Crippen molar-refractivity contribution in [3.8, 4) is 22.6 Å². The van der Waals surface area contributed by atoms with Gasteiger partial charge in [0.25, 0.3) is 0 Å².